The number of ether oxygens (including phenoxy) is 1. The molecule has 0 bridgehead atoms. The zero-order chi connectivity index (χ0) is 17.5. The molecule has 24 heavy (non-hydrogen) atoms. The van der Waals surface area contributed by atoms with E-state index in [2.05, 4.69) is 23.8 Å². The van der Waals surface area contributed by atoms with Crippen molar-refractivity contribution in [2.24, 2.45) is 0 Å². The van der Waals surface area contributed by atoms with Crippen molar-refractivity contribution in [1.82, 2.24) is 0 Å². The molecule has 0 amide bonds. The Morgan fingerprint density at radius 1 is 0.833 bits per heavy atom. The van der Waals surface area contributed by atoms with E-state index < -0.39 is 0 Å². The molecule has 0 saturated heterocycles. The van der Waals surface area contributed by atoms with Crippen LogP contribution in [0.25, 0.3) is 0 Å². The Morgan fingerprint density at radius 3 is 1.88 bits per heavy atom. The third-order valence-electron chi connectivity index (χ3n) is 4.53. The number of aryl methyl sites for hydroxylation is 2. The van der Waals surface area contributed by atoms with Gasteiger partial charge in [-0.05, 0) is 31.4 Å². The van der Waals surface area contributed by atoms with E-state index >= 15 is 0 Å². The van der Waals surface area contributed by atoms with Crippen molar-refractivity contribution in [1.29, 1.82) is 0 Å². The van der Waals surface area contributed by atoms with Crippen molar-refractivity contribution in [3.63, 3.8) is 0 Å². The average molecular weight is 337 g/mol. The topological polar surface area (TPSA) is 39.4 Å². The Morgan fingerprint density at radius 2 is 1.33 bits per heavy atom. The molecule has 1 rings (SSSR count). The van der Waals surface area contributed by atoms with Gasteiger partial charge in [-0.1, -0.05) is 58.3 Å². The minimum atomic E-state index is -0.0850. The zero-order valence-corrected chi connectivity index (χ0v) is 15.8. The molecule has 0 fully saturated rings. The van der Waals surface area contributed by atoms with Crippen LogP contribution >= 0.6 is 0 Å². The Balaban J connectivity index is 1.94. The van der Waals surface area contributed by atoms with Gasteiger partial charge in [0.1, 0.15) is 11.5 Å². The van der Waals surface area contributed by atoms with Gasteiger partial charge in [0.25, 0.3) is 0 Å². The van der Waals surface area contributed by atoms with Gasteiger partial charge in [-0.15, -0.1) is 0 Å². The number of methoxy groups -OCH3 is 1. The predicted octanol–water partition coefficient (Wildman–Crippen LogP) is 6.24. The molecule has 0 saturated carbocycles. The van der Waals surface area contributed by atoms with E-state index in [1.807, 2.05) is 0 Å². The highest BCUT2D eigenvalue weighted by Gasteiger charge is 2.03. The summed E-state index contributed by atoms with van der Waals surface area (Å²) in [5.41, 5.74) is 0. The van der Waals surface area contributed by atoms with Gasteiger partial charge < -0.3 is 9.15 Å². The van der Waals surface area contributed by atoms with E-state index in [-0.39, 0.29) is 5.97 Å². The summed E-state index contributed by atoms with van der Waals surface area (Å²) in [7, 11) is 1.46. The number of hydrogen-bond donors (Lipinski definition) is 0. The van der Waals surface area contributed by atoms with E-state index in [1.54, 1.807) is 0 Å². The largest absolute Gasteiger partial charge is 0.469 e. The van der Waals surface area contributed by atoms with Gasteiger partial charge in [0.05, 0.1) is 7.11 Å². The fourth-order valence-electron chi connectivity index (χ4n) is 2.97. The maximum absolute atomic E-state index is 11.0. The highest BCUT2D eigenvalue weighted by atomic mass is 16.5. The Bertz CT molecular complexity index is 422. The minimum Gasteiger partial charge on any atom is -0.469 e. The Labute approximate surface area is 148 Å². The van der Waals surface area contributed by atoms with Gasteiger partial charge in [0.15, 0.2) is 0 Å². The maximum atomic E-state index is 11.0. The minimum absolute atomic E-state index is 0.0850. The van der Waals surface area contributed by atoms with Crippen LogP contribution in [0, 0.1) is 0 Å². The first-order valence-corrected chi connectivity index (χ1v) is 9.90. The lowest BCUT2D eigenvalue weighted by molar-refractivity contribution is -0.140. The van der Waals surface area contributed by atoms with Crippen LogP contribution in [0.3, 0.4) is 0 Å². The number of carbonyl (C=O) groups excluding carboxylic acids is 1. The van der Waals surface area contributed by atoms with Gasteiger partial charge in [0, 0.05) is 19.3 Å². The van der Waals surface area contributed by atoms with Gasteiger partial charge >= 0.3 is 5.97 Å². The molecule has 3 heteroatoms. The standard InChI is InChI=1S/C21H36O3/c1-3-4-5-11-14-19-17-18-20(24-19)15-12-9-7-6-8-10-13-16-21(22)23-2/h17-18H,3-16H2,1-2H3. The molecular weight excluding hydrogens is 300 g/mol. The van der Waals surface area contributed by atoms with E-state index in [9.17, 15) is 4.79 Å². The van der Waals surface area contributed by atoms with E-state index in [0.717, 1.165) is 37.2 Å². The van der Waals surface area contributed by atoms with Crippen LogP contribution in [0.2, 0.25) is 0 Å². The molecule has 138 valence electrons. The number of furan rings is 1. The summed E-state index contributed by atoms with van der Waals surface area (Å²) < 4.78 is 10.6. The van der Waals surface area contributed by atoms with Crippen LogP contribution < -0.4 is 0 Å². The lowest BCUT2D eigenvalue weighted by Crippen LogP contribution is -1.99. The number of rotatable bonds is 15. The van der Waals surface area contributed by atoms with Crippen molar-refractivity contribution >= 4 is 5.97 Å². The first-order valence-electron chi connectivity index (χ1n) is 9.90. The summed E-state index contributed by atoms with van der Waals surface area (Å²) in [4.78, 5) is 11.0. The highest BCUT2D eigenvalue weighted by Crippen LogP contribution is 2.16. The maximum Gasteiger partial charge on any atom is 0.305 e. The summed E-state index contributed by atoms with van der Waals surface area (Å²) >= 11 is 0. The van der Waals surface area contributed by atoms with Crippen molar-refractivity contribution in [3.8, 4) is 0 Å². The molecular formula is C21H36O3. The van der Waals surface area contributed by atoms with Crippen LogP contribution in [0.15, 0.2) is 16.5 Å². The van der Waals surface area contributed by atoms with Crippen molar-refractivity contribution in [2.75, 3.05) is 7.11 Å². The van der Waals surface area contributed by atoms with Crippen molar-refractivity contribution in [3.05, 3.63) is 23.7 Å². The molecule has 3 nitrogen and oxygen atoms in total. The number of esters is 1. The average Bonchev–Trinajstić information content (AvgIpc) is 3.04. The molecule has 0 spiro atoms. The normalized spacial score (nSPS) is 10.9. The van der Waals surface area contributed by atoms with Crippen LogP contribution in [0.5, 0.6) is 0 Å². The summed E-state index contributed by atoms with van der Waals surface area (Å²) in [6, 6.07) is 4.31. The summed E-state index contributed by atoms with van der Waals surface area (Å²) in [6.45, 7) is 2.24. The fourth-order valence-corrected chi connectivity index (χ4v) is 2.97. The van der Waals surface area contributed by atoms with Gasteiger partial charge in [0.2, 0.25) is 0 Å². The highest BCUT2D eigenvalue weighted by molar-refractivity contribution is 5.68. The van der Waals surface area contributed by atoms with Crippen LogP contribution in [0.1, 0.15) is 95.5 Å². The van der Waals surface area contributed by atoms with Crippen LogP contribution in [-0.2, 0) is 22.4 Å². The number of hydrogen-bond acceptors (Lipinski definition) is 3. The van der Waals surface area contributed by atoms with E-state index in [4.69, 9.17) is 4.42 Å². The summed E-state index contributed by atoms with van der Waals surface area (Å²) in [6.07, 6.45) is 16.2. The monoisotopic (exact) mass is 336 g/mol. The molecule has 0 atom stereocenters. The smallest absolute Gasteiger partial charge is 0.305 e. The SMILES string of the molecule is CCCCCCc1ccc(CCCCCCCCCC(=O)OC)o1. The second-order valence-electron chi connectivity index (χ2n) is 6.73. The third-order valence-corrected chi connectivity index (χ3v) is 4.53. The van der Waals surface area contributed by atoms with Crippen LogP contribution in [-0.4, -0.2) is 13.1 Å². The first-order chi connectivity index (χ1) is 11.8. The van der Waals surface area contributed by atoms with E-state index in [0.29, 0.717) is 6.42 Å². The fraction of sp³-hybridized carbons (Fsp3) is 0.762. The van der Waals surface area contributed by atoms with Gasteiger partial charge in [-0.3, -0.25) is 4.79 Å². The Hall–Kier alpha value is -1.25. The molecule has 0 aliphatic carbocycles. The molecule has 1 heterocycles. The van der Waals surface area contributed by atoms with Gasteiger partial charge in [-0.2, -0.15) is 0 Å². The molecule has 0 N–H and O–H groups in total. The van der Waals surface area contributed by atoms with Crippen molar-refractivity contribution in [2.45, 2.75) is 96.8 Å². The molecule has 1 aromatic heterocycles. The number of unbranched alkanes of at least 4 members (excludes halogenated alkanes) is 9. The third kappa shape index (κ3) is 10.5. The first kappa shape index (κ1) is 20.8. The molecule has 0 unspecified atom stereocenters. The van der Waals surface area contributed by atoms with Crippen LogP contribution in [0.4, 0.5) is 0 Å². The van der Waals surface area contributed by atoms with Gasteiger partial charge in [-0.25, -0.2) is 0 Å². The summed E-state index contributed by atoms with van der Waals surface area (Å²) in [5, 5.41) is 0. The summed E-state index contributed by atoms with van der Waals surface area (Å²) in [5.74, 6) is 2.23. The number of carbonyl (C=O) groups is 1. The molecule has 0 aliphatic rings. The van der Waals surface area contributed by atoms with E-state index in [1.165, 1.54) is 64.9 Å². The van der Waals surface area contributed by atoms with Crippen molar-refractivity contribution < 1.29 is 13.9 Å². The quantitative estimate of drug-likeness (QED) is 0.281. The molecule has 0 radical (unpaired) electrons. The molecule has 1 aromatic rings. The zero-order valence-electron chi connectivity index (χ0n) is 15.8. The molecule has 0 aliphatic heterocycles. The predicted molar refractivity (Wildman–Crippen MR) is 99.2 cm³/mol. The Kier molecular flexibility index (Phi) is 12.2. The second kappa shape index (κ2) is 14.1. The second-order valence-corrected chi connectivity index (χ2v) is 6.73. The molecule has 0 aromatic carbocycles. The lowest BCUT2D eigenvalue weighted by Gasteiger charge is -2.02. The lowest BCUT2D eigenvalue weighted by atomic mass is 10.1.